The molecule has 2 rings (SSSR count). The summed E-state index contributed by atoms with van der Waals surface area (Å²) in [4.78, 5) is 12.7. The zero-order valence-electron chi connectivity index (χ0n) is 10.7. The van der Waals surface area contributed by atoms with Crippen molar-refractivity contribution in [2.75, 3.05) is 0 Å². The summed E-state index contributed by atoms with van der Waals surface area (Å²) >= 11 is 1.07. The van der Waals surface area contributed by atoms with Crippen molar-refractivity contribution in [2.24, 2.45) is 16.8 Å². The fourth-order valence-corrected chi connectivity index (χ4v) is 2.52. The number of carbonyl (C=O) groups excluding carboxylic acids is 1. The monoisotopic (exact) mass is 283 g/mol. The minimum absolute atomic E-state index is 0.0466. The lowest BCUT2D eigenvalue weighted by molar-refractivity contribution is 0.0946. The maximum Gasteiger partial charge on any atom is 0.265 e. The van der Waals surface area contributed by atoms with E-state index in [0.717, 1.165) is 37.2 Å². The van der Waals surface area contributed by atoms with Crippen LogP contribution in [0.3, 0.4) is 0 Å². The van der Waals surface area contributed by atoms with E-state index in [9.17, 15) is 4.79 Å². The minimum Gasteiger partial charge on any atom is -0.409 e. The van der Waals surface area contributed by atoms with Crippen molar-refractivity contribution in [1.82, 2.24) is 14.9 Å². The summed E-state index contributed by atoms with van der Waals surface area (Å²) in [5.74, 6) is 0.0580. The molecule has 1 amide bonds. The van der Waals surface area contributed by atoms with Crippen molar-refractivity contribution in [2.45, 2.75) is 38.6 Å². The average Bonchev–Trinajstić information content (AvgIpc) is 3.14. The summed E-state index contributed by atoms with van der Waals surface area (Å²) in [5.41, 5.74) is 6.32. The van der Waals surface area contributed by atoms with Crippen molar-refractivity contribution in [3.8, 4) is 0 Å². The van der Waals surface area contributed by atoms with Crippen LogP contribution in [0.15, 0.2) is 5.16 Å². The van der Waals surface area contributed by atoms with Gasteiger partial charge in [0, 0.05) is 0 Å². The standard InChI is InChI=1S/C11H17N5O2S/c1-2-3-7-9(19-16-14-7)11(17)13-8(6-4-5-6)10(12)15-18/h6,8,18H,2-5H2,1H3,(H2,12,15)(H,13,17). The number of nitrogens with two attached hydrogens (primary N) is 1. The van der Waals surface area contributed by atoms with Gasteiger partial charge in [0.25, 0.3) is 5.91 Å². The second kappa shape index (κ2) is 5.96. The molecule has 1 aromatic rings. The van der Waals surface area contributed by atoms with E-state index in [4.69, 9.17) is 10.9 Å². The highest BCUT2D eigenvalue weighted by Gasteiger charge is 2.36. The van der Waals surface area contributed by atoms with Crippen LogP contribution in [-0.2, 0) is 6.42 Å². The maximum absolute atomic E-state index is 12.2. The SMILES string of the molecule is CCCc1nnsc1C(=O)NC(C(N)=NO)C1CC1. The first-order valence-electron chi connectivity index (χ1n) is 6.26. The Kier molecular flexibility index (Phi) is 4.31. The van der Waals surface area contributed by atoms with Crippen molar-refractivity contribution < 1.29 is 10.0 Å². The first-order chi connectivity index (χ1) is 9.17. The smallest absolute Gasteiger partial charge is 0.265 e. The third-order valence-electron chi connectivity index (χ3n) is 3.06. The lowest BCUT2D eigenvalue weighted by Gasteiger charge is -2.16. The second-order valence-corrected chi connectivity index (χ2v) is 5.37. The fourth-order valence-electron chi connectivity index (χ4n) is 1.91. The predicted molar refractivity (Wildman–Crippen MR) is 71.3 cm³/mol. The van der Waals surface area contributed by atoms with E-state index >= 15 is 0 Å². The van der Waals surface area contributed by atoms with E-state index in [2.05, 4.69) is 20.1 Å². The summed E-state index contributed by atoms with van der Waals surface area (Å²) in [5, 5.41) is 18.5. The zero-order chi connectivity index (χ0) is 13.8. The number of hydrogen-bond donors (Lipinski definition) is 3. The van der Waals surface area contributed by atoms with Gasteiger partial charge in [0.1, 0.15) is 4.88 Å². The largest absolute Gasteiger partial charge is 0.409 e. The summed E-state index contributed by atoms with van der Waals surface area (Å²) in [7, 11) is 0. The van der Waals surface area contributed by atoms with Crippen LogP contribution in [0, 0.1) is 5.92 Å². The van der Waals surface area contributed by atoms with Crippen LogP contribution in [-0.4, -0.2) is 32.6 Å². The predicted octanol–water partition coefficient (Wildman–Crippen LogP) is 0.745. The van der Waals surface area contributed by atoms with Crippen LogP contribution in [0.5, 0.6) is 0 Å². The number of aryl methyl sites for hydroxylation is 1. The van der Waals surface area contributed by atoms with Crippen LogP contribution in [0.4, 0.5) is 0 Å². The van der Waals surface area contributed by atoms with E-state index < -0.39 is 6.04 Å². The van der Waals surface area contributed by atoms with E-state index in [1.807, 2.05) is 6.92 Å². The number of nitrogens with one attached hydrogen (secondary N) is 1. The summed E-state index contributed by atoms with van der Waals surface area (Å²) in [6.07, 6.45) is 3.57. The van der Waals surface area contributed by atoms with Gasteiger partial charge in [0.15, 0.2) is 5.84 Å². The molecule has 1 unspecified atom stereocenters. The Morgan fingerprint density at radius 2 is 2.42 bits per heavy atom. The molecule has 1 saturated carbocycles. The van der Waals surface area contributed by atoms with Crippen molar-refractivity contribution >= 4 is 23.3 Å². The number of hydrogen-bond acceptors (Lipinski definition) is 6. The first kappa shape index (κ1) is 13.7. The Morgan fingerprint density at radius 1 is 1.68 bits per heavy atom. The molecule has 1 aromatic heterocycles. The van der Waals surface area contributed by atoms with Crippen LogP contribution in [0.25, 0.3) is 0 Å². The Balaban J connectivity index is 2.08. The van der Waals surface area contributed by atoms with Gasteiger partial charge in [-0.15, -0.1) is 5.10 Å². The molecule has 0 bridgehead atoms. The van der Waals surface area contributed by atoms with Crippen LogP contribution >= 0.6 is 11.5 Å². The highest BCUT2D eigenvalue weighted by Crippen LogP contribution is 2.33. The number of nitrogens with zero attached hydrogens (tertiary/aromatic N) is 3. The topological polar surface area (TPSA) is 113 Å². The van der Waals surface area contributed by atoms with Gasteiger partial charge in [-0.2, -0.15) is 0 Å². The summed E-state index contributed by atoms with van der Waals surface area (Å²) in [6.45, 7) is 2.02. The third-order valence-corrected chi connectivity index (χ3v) is 3.83. The quantitative estimate of drug-likeness (QED) is 0.308. The molecule has 0 radical (unpaired) electrons. The Bertz CT molecular complexity index is 483. The molecule has 4 N–H and O–H groups in total. The Hall–Kier alpha value is -1.70. The molecular formula is C11H17N5O2S. The van der Waals surface area contributed by atoms with Crippen LogP contribution < -0.4 is 11.1 Å². The van der Waals surface area contributed by atoms with Gasteiger partial charge in [-0.3, -0.25) is 4.79 Å². The molecular weight excluding hydrogens is 266 g/mol. The molecule has 0 aliphatic heterocycles. The molecule has 1 heterocycles. The second-order valence-electron chi connectivity index (χ2n) is 4.61. The molecule has 1 aliphatic carbocycles. The molecule has 7 nitrogen and oxygen atoms in total. The van der Waals surface area contributed by atoms with Gasteiger partial charge >= 0.3 is 0 Å². The van der Waals surface area contributed by atoms with E-state index in [1.54, 1.807) is 0 Å². The van der Waals surface area contributed by atoms with Gasteiger partial charge in [-0.25, -0.2) is 0 Å². The number of aromatic nitrogens is 2. The molecule has 0 spiro atoms. The van der Waals surface area contributed by atoms with E-state index in [0.29, 0.717) is 10.6 Å². The Labute approximate surface area is 115 Å². The molecule has 19 heavy (non-hydrogen) atoms. The molecule has 104 valence electrons. The number of amides is 1. The van der Waals surface area contributed by atoms with E-state index in [1.165, 1.54) is 0 Å². The van der Waals surface area contributed by atoms with Gasteiger partial charge < -0.3 is 16.3 Å². The number of rotatable bonds is 6. The maximum atomic E-state index is 12.2. The van der Waals surface area contributed by atoms with Crippen molar-refractivity contribution in [1.29, 1.82) is 0 Å². The van der Waals surface area contributed by atoms with Gasteiger partial charge in [-0.05, 0) is 36.7 Å². The average molecular weight is 283 g/mol. The highest BCUT2D eigenvalue weighted by atomic mass is 32.1. The lowest BCUT2D eigenvalue weighted by Crippen LogP contribution is -2.46. The van der Waals surface area contributed by atoms with Gasteiger partial charge in [0.2, 0.25) is 0 Å². The summed E-state index contributed by atoms with van der Waals surface area (Å²) < 4.78 is 3.81. The fraction of sp³-hybridized carbons (Fsp3) is 0.636. The van der Waals surface area contributed by atoms with Crippen LogP contribution in [0.2, 0.25) is 0 Å². The van der Waals surface area contributed by atoms with Crippen molar-refractivity contribution in [3.63, 3.8) is 0 Å². The van der Waals surface area contributed by atoms with Gasteiger partial charge in [-0.1, -0.05) is 23.0 Å². The van der Waals surface area contributed by atoms with Crippen LogP contribution in [0.1, 0.15) is 41.6 Å². The first-order valence-corrected chi connectivity index (χ1v) is 7.04. The zero-order valence-corrected chi connectivity index (χ0v) is 11.5. The van der Waals surface area contributed by atoms with Crippen molar-refractivity contribution in [3.05, 3.63) is 10.6 Å². The molecule has 1 atom stereocenters. The number of oxime groups is 1. The molecule has 8 heteroatoms. The highest BCUT2D eigenvalue weighted by molar-refractivity contribution is 7.08. The molecule has 0 saturated heterocycles. The number of carbonyl (C=O) groups is 1. The molecule has 1 aliphatic rings. The minimum atomic E-state index is -0.408. The molecule has 0 aromatic carbocycles. The number of amidine groups is 1. The third kappa shape index (κ3) is 3.19. The summed E-state index contributed by atoms with van der Waals surface area (Å²) in [6, 6.07) is -0.408. The lowest BCUT2D eigenvalue weighted by atomic mass is 10.1. The molecule has 1 fully saturated rings. The Morgan fingerprint density at radius 3 is 3.00 bits per heavy atom. The van der Waals surface area contributed by atoms with E-state index in [-0.39, 0.29) is 17.7 Å². The normalized spacial score (nSPS) is 17.2. The van der Waals surface area contributed by atoms with Gasteiger partial charge in [0.05, 0.1) is 11.7 Å².